The van der Waals surface area contributed by atoms with Crippen molar-refractivity contribution < 1.29 is 24.8 Å². The number of phenols is 2. The van der Waals surface area contributed by atoms with Crippen molar-refractivity contribution in [2.75, 3.05) is 6.61 Å². The first-order chi connectivity index (χ1) is 13.0. The zero-order chi connectivity index (χ0) is 19.2. The standard InChI is InChI=1S/C21H19ClO5/c22-16-7-8-19(26-13-14-3-1-5-17(24)9-14)20(11-16)27-21(12-23)15-4-2-6-18(25)10-15/h1-11,21,23-25H,12-13H2. The molecular formula is C21H19ClO5. The normalized spacial score (nSPS) is 11.8. The minimum atomic E-state index is -0.696. The summed E-state index contributed by atoms with van der Waals surface area (Å²) in [6.45, 7) is -0.0652. The van der Waals surface area contributed by atoms with Crippen LogP contribution < -0.4 is 9.47 Å². The van der Waals surface area contributed by atoms with Crippen LogP contribution in [0.15, 0.2) is 66.7 Å². The zero-order valence-electron chi connectivity index (χ0n) is 14.4. The van der Waals surface area contributed by atoms with Gasteiger partial charge in [-0.15, -0.1) is 0 Å². The quantitative estimate of drug-likeness (QED) is 0.559. The first-order valence-electron chi connectivity index (χ1n) is 8.32. The molecule has 1 unspecified atom stereocenters. The van der Waals surface area contributed by atoms with Crippen LogP contribution in [0.2, 0.25) is 5.02 Å². The number of hydrogen-bond acceptors (Lipinski definition) is 5. The van der Waals surface area contributed by atoms with Crippen LogP contribution in [-0.2, 0) is 6.61 Å². The number of phenolic OH excluding ortho intramolecular Hbond substituents is 2. The lowest BCUT2D eigenvalue weighted by molar-refractivity contribution is 0.111. The van der Waals surface area contributed by atoms with E-state index in [0.29, 0.717) is 22.1 Å². The van der Waals surface area contributed by atoms with Crippen LogP contribution in [0, 0.1) is 0 Å². The van der Waals surface area contributed by atoms with Gasteiger partial charge in [0.1, 0.15) is 24.2 Å². The van der Waals surface area contributed by atoms with Crippen molar-refractivity contribution in [3.8, 4) is 23.0 Å². The number of rotatable bonds is 7. The third-order valence-corrected chi connectivity index (χ3v) is 4.12. The van der Waals surface area contributed by atoms with Gasteiger partial charge in [-0.2, -0.15) is 0 Å². The van der Waals surface area contributed by atoms with Crippen molar-refractivity contribution in [1.82, 2.24) is 0 Å². The topological polar surface area (TPSA) is 79.2 Å². The van der Waals surface area contributed by atoms with Crippen LogP contribution in [0.1, 0.15) is 17.2 Å². The average Bonchev–Trinajstić information content (AvgIpc) is 2.65. The lowest BCUT2D eigenvalue weighted by atomic mass is 10.1. The van der Waals surface area contributed by atoms with Crippen LogP contribution in [0.5, 0.6) is 23.0 Å². The number of benzene rings is 3. The molecule has 0 aromatic heterocycles. The summed E-state index contributed by atoms with van der Waals surface area (Å²) in [6.07, 6.45) is -0.696. The Balaban J connectivity index is 1.80. The summed E-state index contributed by atoms with van der Waals surface area (Å²) >= 11 is 6.08. The van der Waals surface area contributed by atoms with Crippen molar-refractivity contribution in [3.05, 3.63) is 82.9 Å². The molecule has 0 aliphatic rings. The van der Waals surface area contributed by atoms with Crippen LogP contribution in [0.4, 0.5) is 0 Å². The third kappa shape index (κ3) is 5.06. The number of aromatic hydroxyl groups is 2. The van der Waals surface area contributed by atoms with E-state index in [0.717, 1.165) is 5.56 Å². The number of ether oxygens (including phenoxy) is 2. The molecule has 3 aromatic rings. The summed E-state index contributed by atoms with van der Waals surface area (Å²) in [6, 6.07) is 18.2. The van der Waals surface area contributed by atoms with Crippen molar-refractivity contribution in [1.29, 1.82) is 0 Å². The molecule has 0 amide bonds. The molecule has 0 heterocycles. The van der Waals surface area contributed by atoms with Gasteiger partial charge < -0.3 is 24.8 Å². The fourth-order valence-electron chi connectivity index (χ4n) is 2.59. The van der Waals surface area contributed by atoms with E-state index in [1.165, 1.54) is 6.07 Å². The van der Waals surface area contributed by atoms with E-state index in [1.54, 1.807) is 54.6 Å². The van der Waals surface area contributed by atoms with Crippen LogP contribution >= 0.6 is 11.6 Å². The van der Waals surface area contributed by atoms with Crippen LogP contribution in [-0.4, -0.2) is 21.9 Å². The fraction of sp³-hybridized carbons (Fsp3) is 0.143. The first-order valence-corrected chi connectivity index (χ1v) is 8.69. The van der Waals surface area contributed by atoms with E-state index in [4.69, 9.17) is 21.1 Å². The van der Waals surface area contributed by atoms with E-state index < -0.39 is 6.10 Å². The Morgan fingerprint density at radius 2 is 1.59 bits per heavy atom. The molecule has 140 valence electrons. The maximum absolute atomic E-state index is 9.72. The van der Waals surface area contributed by atoms with Gasteiger partial charge in [-0.3, -0.25) is 0 Å². The van der Waals surface area contributed by atoms with Gasteiger partial charge in [0.2, 0.25) is 0 Å². The van der Waals surface area contributed by atoms with E-state index in [2.05, 4.69) is 0 Å². The Labute approximate surface area is 162 Å². The summed E-state index contributed by atoms with van der Waals surface area (Å²) < 4.78 is 11.7. The molecular weight excluding hydrogens is 368 g/mol. The number of aliphatic hydroxyl groups excluding tert-OH is 1. The first kappa shape index (κ1) is 18.9. The summed E-state index contributed by atoms with van der Waals surface area (Å²) in [4.78, 5) is 0. The van der Waals surface area contributed by atoms with E-state index in [-0.39, 0.29) is 24.7 Å². The predicted molar refractivity (Wildman–Crippen MR) is 102 cm³/mol. The van der Waals surface area contributed by atoms with Crippen LogP contribution in [0.25, 0.3) is 0 Å². The largest absolute Gasteiger partial charge is 0.508 e. The van der Waals surface area contributed by atoms with Crippen molar-refractivity contribution in [2.45, 2.75) is 12.7 Å². The number of hydrogen-bond donors (Lipinski definition) is 3. The van der Waals surface area contributed by atoms with E-state index >= 15 is 0 Å². The smallest absolute Gasteiger partial charge is 0.163 e. The fourth-order valence-corrected chi connectivity index (χ4v) is 2.75. The highest BCUT2D eigenvalue weighted by molar-refractivity contribution is 6.30. The van der Waals surface area contributed by atoms with Gasteiger partial charge in [0.15, 0.2) is 11.5 Å². The Morgan fingerprint density at radius 3 is 2.30 bits per heavy atom. The highest BCUT2D eigenvalue weighted by Gasteiger charge is 2.16. The Morgan fingerprint density at radius 1 is 0.852 bits per heavy atom. The maximum atomic E-state index is 9.72. The van der Waals surface area contributed by atoms with Gasteiger partial charge in [-0.05, 0) is 47.5 Å². The van der Waals surface area contributed by atoms with Gasteiger partial charge in [0.05, 0.1) is 6.61 Å². The van der Waals surface area contributed by atoms with Crippen molar-refractivity contribution in [3.63, 3.8) is 0 Å². The molecule has 0 saturated carbocycles. The van der Waals surface area contributed by atoms with E-state index in [9.17, 15) is 15.3 Å². The van der Waals surface area contributed by atoms with Gasteiger partial charge >= 0.3 is 0 Å². The number of halogens is 1. The second kappa shape index (κ2) is 8.66. The molecule has 5 nitrogen and oxygen atoms in total. The summed E-state index contributed by atoms with van der Waals surface area (Å²) in [5.74, 6) is 1.06. The zero-order valence-corrected chi connectivity index (χ0v) is 15.1. The third-order valence-electron chi connectivity index (χ3n) is 3.89. The van der Waals surface area contributed by atoms with Gasteiger partial charge in [-0.1, -0.05) is 35.9 Å². The second-order valence-corrected chi connectivity index (χ2v) is 6.37. The number of aliphatic hydroxyl groups is 1. The molecule has 1 atom stereocenters. The minimum Gasteiger partial charge on any atom is -0.508 e. The highest BCUT2D eigenvalue weighted by atomic mass is 35.5. The maximum Gasteiger partial charge on any atom is 0.163 e. The molecule has 3 aromatic carbocycles. The Bertz CT molecular complexity index is 913. The van der Waals surface area contributed by atoms with Gasteiger partial charge in [0.25, 0.3) is 0 Å². The molecule has 6 heteroatoms. The van der Waals surface area contributed by atoms with E-state index in [1.807, 2.05) is 6.07 Å². The lowest BCUT2D eigenvalue weighted by Gasteiger charge is -2.20. The second-order valence-electron chi connectivity index (χ2n) is 5.93. The Hall–Kier alpha value is -2.89. The van der Waals surface area contributed by atoms with Crippen molar-refractivity contribution >= 4 is 11.6 Å². The SMILES string of the molecule is OCC(Oc1cc(Cl)ccc1OCc1cccc(O)c1)c1cccc(O)c1. The molecule has 27 heavy (non-hydrogen) atoms. The highest BCUT2D eigenvalue weighted by Crippen LogP contribution is 2.35. The summed E-state index contributed by atoms with van der Waals surface area (Å²) in [7, 11) is 0. The molecule has 3 rings (SSSR count). The summed E-state index contributed by atoms with van der Waals surface area (Å²) in [5, 5.41) is 29.4. The average molecular weight is 387 g/mol. The lowest BCUT2D eigenvalue weighted by Crippen LogP contribution is -2.12. The molecule has 0 aliphatic carbocycles. The van der Waals surface area contributed by atoms with Gasteiger partial charge in [0, 0.05) is 11.1 Å². The molecule has 3 N–H and O–H groups in total. The van der Waals surface area contributed by atoms with Crippen LogP contribution in [0.3, 0.4) is 0 Å². The molecule has 0 bridgehead atoms. The van der Waals surface area contributed by atoms with Gasteiger partial charge in [-0.25, -0.2) is 0 Å². The Kier molecular flexibility index (Phi) is 6.06. The molecule has 0 saturated heterocycles. The predicted octanol–water partition coefficient (Wildman–Crippen LogP) is 4.44. The summed E-state index contributed by atoms with van der Waals surface area (Å²) in [5.41, 5.74) is 1.42. The monoisotopic (exact) mass is 386 g/mol. The molecule has 0 aliphatic heterocycles. The molecule has 0 radical (unpaired) electrons. The molecule has 0 fully saturated rings. The minimum absolute atomic E-state index is 0.0843. The van der Waals surface area contributed by atoms with Crippen molar-refractivity contribution in [2.24, 2.45) is 0 Å². The molecule has 0 spiro atoms.